The summed E-state index contributed by atoms with van der Waals surface area (Å²) in [6.45, 7) is 0. The van der Waals surface area contributed by atoms with Crippen LogP contribution in [0.25, 0.3) is 5.69 Å². The molecule has 0 saturated heterocycles. The molecule has 0 unspecified atom stereocenters. The Kier molecular flexibility index (Phi) is 3.56. The van der Waals surface area contributed by atoms with Crippen LogP contribution in [0.5, 0.6) is 0 Å². The minimum atomic E-state index is -0.143. The third-order valence-electron chi connectivity index (χ3n) is 2.68. The molecule has 1 amide bonds. The van der Waals surface area contributed by atoms with Crippen molar-refractivity contribution in [3.05, 3.63) is 41.7 Å². The van der Waals surface area contributed by atoms with Gasteiger partial charge in [0.15, 0.2) is 5.13 Å². The van der Waals surface area contributed by atoms with E-state index in [1.54, 1.807) is 17.5 Å². The van der Waals surface area contributed by atoms with Crippen LogP contribution in [0.1, 0.15) is 5.69 Å². The van der Waals surface area contributed by atoms with Gasteiger partial charge in [-0.15, -0.1) is 16.4 Å². The number of benzene rings is 1. The summed E-state index contributed by atoms with van der Waals surface area (Å²) in [5.74, 6) is -0.143. The lowest BCUT2D eigenvalue weighted by Gasteiger charge is -2.05. The lowest BCUT2D eigenvalue weighted by atomic mass is 10.2. The van der Waals surface area contributed by atoms with E-state index < -0.39 is 0 Å². The Bertz CT molecular complexity index is 735. The standard InChI is InChI=1S/C12H11N7OS/c13-12-16-9(6-21-12)5-11(20)15-8-1-3-10(4-2-8)19-7-14-17-18-19/h1-4,6-7H,5H2,(H2,13,16)(H,15,20). The number of carbonyl (C=O) groups is 1. The van der Waals surface area contributed by atoms with E-state index in [0.29, 0.717) is 16.5 Å². The van der Waals surface area contributed by atoms with Crippen LogP contribution < -0.4 is 11.1 Å². The summed E-state index contributed by atoms with van der Waals surface area (Å²) >= 11 is 1.32. The van der Waals surface area contributed by atoms with Crippen molar-refractivity contribution in [2.75, 3.05) is 11.1 Å². The van der Waals surface area contributed by atoms with Gasteiger partial charge in [-0.2, -0.15) is 0 Å². The number of tetrazole rings is 1. The zero-order valence-corrected chi connectivity index (χ0v) is 11.6. The minimum Gasteiger partial charge on any atom is -0.375 e. The number of hydrogen-bond donors (Lipinski definition) is 2. The molecule has 8 nitrogen and oxygen atoms in total. The molecule has 2 aromatic heterocycles. The van der Waals surface area contributed by atoms with Crippen LogP contribution >= 0.6 is 11.3 Å². The minimum absolute atomic E-state index is 0.143. The van der Waals surface area contributed by atoms with Gasteiger partial charge in [0.05, 0.1) is 17.8 Å². The van der Waals surface area contributed by atoms with E-state index in [4.69, 9.17) is 5.73 Å². The van der Waals surface area contributed by atoms with Gasteiger partial charge >= 0.3 is 0 Å². The second kappa shape index (κ2) is 5.67. The first-order chi connectivity index (χ1) is 10.2. The highest BCUT2D eigenvalue weighted by molar-refractivity contribution is 7.13. The van der Waals surface area contributed by atoms with Crippen LogP contribution in [0, 0.1) is 0 Å². The molecule has 21 heavy (non-hydrogen) atoms. The number of nitrogen functional groups attached to an aromatic ring is 1. The molecule has 0 aliphatic carbocycles. The van der Waals surface area contributed by atoms with Crippen LogP contribution in [-0.4, -0.2) is 31.1 Å². The van der Waals surface area contributed by atoms with Gasteiger partial charge in [-0.1, -0.05) is 0 Å². The maximum absolute atomic E-state index is 11.9. The molecule has 0 aliphatic rings. The molecule has 106 valence electrons. The Morgan fingerprint density at radius 1 is 1.33 bits per heavy atom. The molecule has 0 spiro atoms. The summed E-state index contributed by atoms with van der Waals surface area (Å²) in [7, 11) is 0. The molecular formula is C12H11N7OS. The second-order valence-corrected chi connectivity index (χ2v) is 5.09. The maximum Gasteiger partial charge on any atom is 0.230 e. The van der Waals surface area contributed by atoms with Gasteiger partial charge in [0.25, 0.3) is 0 Å². The highest BCUT2D eigenvalue weighted by Crippen LogP contribution is 2.14. The summed E-state index contributed by atoms with van der Waals surface area (Å²) in [6, 6.07) is 7.19. The van der Waals surface area contributed by atoms with Gasteiger partial charge in [-0.05, 0) is 34.7 Å². The number of rotatable bonds is 4. The van der Waals surface area contributed by atoms with Crippen LogP contribution in [-0.2, 0) is 11.2 Å². The number of carbonyl (C=O) groups excluding carboxylic acids is 1. The van der Waals surface area contributed by atoms with E-state index in [1.165, 1.54) is 22.3 Å². The van der Waals surface area contributed by atoms with Gasteiger partial charge in [0.1, 0.15) is 6.33 Å². The largest absolute Gasteiger partial charge is 0.375 e. The van der Waals surface area contributed by atoms with Crippen molar-refractivity contribution in [3.8, 4) is 5.69 Å². The molecule has 1 aromatic carbocycles. The molecule has 0 bridgehead atoms. The van der Waals surface area contributed by atoms with Crippen LogP contribution in [0.3, 0.4) is 0 Å². The summed E-state index contributed by atoms with van der Waals surface area (Å²) < 4.78 is 1.53. The molecule has 0 atom stereocenters. The fourth-order valence-corrected chi connectivity index (χ4v) is 2.31. The molecule has 0 aliphatic heterocycles. The molecule has 3 aromatic rings. The normalized spacial score (nSPS) is 10.5. The number of thiazole rings is 1. The van der Waals surface area contributed by atoms with Crippen molar-refractivity contribution in [1.29, 1.82) is 0 Å². The molecular weight excluding hydrogens is 290 g/mol. The van der Waals surface area contributed by atoms with Gasteiger partial charge in [0, 0.05) is 11.1 Å². The third-order valence-corrected chi connectivity index (χ3v) is 3.40. The highest BCUT2D eigenvalue weighted by atomic mass is 32.1. The summed E-state index contributed by atoms with van der Waals surface area (Å²) in [5, 5.41) is 15.9. The lowest BCUT2D eigenvalue weighted by Crippen LogP contribution is -2.14. The van der Waals surface area contributed by atoms with E-state index in [9.17, 15) is 4.79 Å². The van der Waals surface area contributed by atoms with E-state index in [-0.39, 0.29) is 12.3 Å². The molecule has 9 heteroatoms. The van der Waals surface area contributed by atoms with Gasteiger partial charge < -0.3 is 11.1 Å². The number of hydrogen-bond acceptors (Lipinski definition) is 7. The number of nitrogens with one attached hydrogen (secondary N) is 1. The van der Waals surface area contributed by atoms with Crippen LogP contribution in [0.4, 0.5) is 10.8 Å². The maximum atomic E-state index is 11.9. The summed E-state index contributed by atoms with van der Waals surface area (Å²) in [6.07, 6.45) is 1.70. The second-order valence-electron chi connectivity index (χ2n) is 4.20. The molecule has 0 fully saturated rings. The SMILES string of the molecule is Nc1nc(CC(=O)Nc2ccc(-n3cnnn3)cc2)cs1. The monoisotopic (exact) mass is 301 g/mol. The van der Waals surface area contributed by atoms with Crippen molar-refractivity contribution in [2.45, 2.75) is 6.42 Å². The zero-order chi connectivity index (χ0) is 14.7. The number of nitrogens with zero attached hydrogens (tertiary/aromatic N) is 5. The van der Waals surface area contributed by atoms with Gasteiger partial charge in [0.2, 0.25) is 5.91 Å². The molecule has 0 radical (unpaired) electrons. The number of anilines is 2. The van der Waals surface area contributed by atoms with Crippen molar-refractivity contribution in [1.82, 2.24) is 25.2 Å². The van der Waals surface area contributed by atoms with Crippen LogP contribution in [0.2, 0.25) is 0 Å². The zero-order valence-electron chi connectivity index (χ0n) is 10.8. The number of aromatic nitrogens is 5. The van der Waals surface area contributed by atoms with Gasteiger partial charge in [-0.25, -0.2) is 9.67 Å². The Labute approximate surface area is 123 Å². The highest BCUT2D eigenvalue weighted by Gasteiger charge is 2.07. The average molecular weight is 301 g/mol. The van der Waals surface area contributed by atoms with Crippen molar-refractivity contribution >= 4 is 28.1 Å². The fraction of sp³-hybridized carbons (Fsp3) is 0.0833. The first-order valence-corrected chi connectivity index (χ1v) is 6.92. The molecule has 3 N–H and O–H groups in total. The van der Waals surface area contributed by atoms with E-state index in [1.807, 2.05) is 12.1 Å². The summed E-state index contributed by atoms with van der Waals surface area (Å²) in [4.78, 5) is 15.9. The Morgan fingerprint density at radius 3 is 2.76 bits per heavy atom. The predicted octanol–water partition coefficient (Wildman–Crippen LogP) is 0.882. The van der Waals surface area contributed by atoms with Crippen molar-refractivity contribution in [3.63, 3.8) is 0 Å². The topological polar surface area (TPSA) is 112 Å². The Balaban J connectivity index is 1.63. The van der Waals surface area contributed by atoms with Crippen molar-refractivity contribution < 1.29 is 4.79 Å². The summed E-state index contributed by atoms with van der Waals surface area (Å²) in [5.41, 5.74) is 7.70. The van der Waals surface area contributed by atoms with E-state index >= 15 is 0 Å². The quantitative estimate of drug-likeness (QED) is 0.740. The van der Waals surface area contributed by atoms with E-state index in [2.05, 4.69) is 25.8 Å². The van der Waals surface area contributed by atoms with Crippen LogP contribution in [0.15, 0.2) is 36.0 Å². The van der Waals surface area contributed by atoms with Gasteiger partial charge in [-0.3, -0.25) is 4.79 Å². The smallest absolute Gasteiger partial charge is 0.230 e. The predicted molar refractivity (Wildman–Crippen MR) is 78.0 cm³/mol. The third kappa shape index (κ3) is 3.20. The Hall–Kier alpha value is -2.81. The first kappa shape index (κ1) is 13.2. The average Bonchev–Trinajstić information content (AvgIpc) is 3.11. The van der Waals surface area contributed by atoms with Crippen molar-refractivity contribution in [2.24, 2.45) is 0 Å². The fourth-order valence-electron chi connectivity index (χ4n) is 1.75. The lowest BCUT2D eigenvalue weighted by molar-refractivity contribution is -0.115. The molecule has 2 heterocycles. The molecule has 0 saturated carbocycles. The van der Waals surface area contributed by atoms with E-state index in [0.717, 1.165) is 5.69 Å². The first-order valence-electron chi connectivity index (χ1n) is 6.04. The number of nitrogens with two attached hydrogens (primary N) is 1. The Morgan fingerprint density at radius 2 is 2.14 bits per heavy atom. The molecule has 3 rings (SSSR count). The number of amides is 1.